The Bertz CT molecular complexity index is 1130. The summed E-state index contributed by atoms with van der Waals surface area (Å²) in [6, 6.07) is 9.28. The van der Waals surface area contributed by atoms with Gasteiger partial charge in [0.2, 0.25) is 0 Å². The third kappa shape index (κ3) is 3.47. The van der Waals surface area contributed by atoms with Crippen LogP contribution in [0.1, 0.15) is 17.1 Å². The summed E-state index contributed by atoms with van der Waals surface area (Å²) in [6.07, 6.45) is 3.50. The predicted molar refractivity (Wildman–Crippen MR) is 99.5 cm³/mol. The zero-order valence-corrected chi connectivity index (χ0v) is 14.4. The highest BCUT2D eigenvalue weighted by Gasteiger charge is 2.14. The van der Waals surface area contributed by atoms with Crippen LogP contribution >= 0.6 is 0 Å². The molecule has 2 heterocycles. The minimum atomic E-state index is -0.432. The fourth-order valence-electron chi connectivity index (χ4n) is 2.82. The van der Waals surface area contributed by atoms with E-state index in [0.29, 0.717) is 40.5 Å². The number of rotatable bonds is 5. The van der Waals surface area contributed by atoms with Gasteiger partial charge in [-0.3, -0.25) is 5.10 Å². The van der Waals surface area contributed by atoms with Crippen LogP contribution < -0.4 is 5.32 Å². The van der Waals surface area contributed by atoms with Gasteiger partial charge in [0.15, 0.2) is 5.82 Å². The fraction of sp³-hybridized carbons (Fsp3) is 0.105. The van der Waals surface area contributed by atoms with Crippen molar-refractivity contribution in [2.45, 2.75) is 6.54 Å². The van der Waals surface area contributed by atoms with E-state index in [1.807, 2.05) is 0 Å². The number of hydrogen-bond donors (Lipinski definition) is 3. The van der Waals surface area contributed by atoms with Crippen LogP contribution in [0.2, 0.25) is 0 Å². The molecule has 0 aliphatic carbocycles. The molecule has 27 heavy (non-hydrogen) atoms. The van der Waals surface area contributed by atoms with Crippen molar-refractivity contribution >= 4 is 23.1 Å². The van der Waals surface area contributed by atoms with Gasteiger partial charge in [-0.25, -0.2) is 8.78 Å². The number of fused-ring (bicyclic) bond motifs is 1. The van der Waals surface area contributed by atoms with Crippen molar-refractivity contribution < 1.29 is 8.78 Å². The number of aromatic amines is 2. The highest BCUT2D eigenvalue weighted by atomic mass is 19.1. The molecule has 6 nitrogen and oxygen atoms in total. The SMILES string of the molecule is CNCc1nnc(-c2cc3c(C=Cc4cccc(F)c4)n[nH]c3cc2F)[nH]1. The van der Waals surface area contributed by atoms with Gasteiger partial charge in [0.05, 0.1) is 23.3 Å². The third-order valence-corrected chi connectivity index (χ3v) is 4.10. The zero-order chi connectivity index (χ0) is 18.8. The van der Waals surface area contributed by atoms with Crippen LogP contribution in [0.15, 0.2) is 36.4 Å². The minimum Gasteiger partial charge on any atom is -0.324 e. The quantitative estimate of drug-likeness (QED) is 0.505. The van der Waals surface area contributed by atoms with E-state index in [1.54, 1.807) is 37.4 Å². The smallest absolute Gasteiger partial charge is 0.164 e. The summed E-state index contributed by atoms with van der Waals surface area (Å²) in [6.45, 7) is 0.504. The molecule has 0 aliphatic heterocycles. The fourth-order valence-corrected chi connectivity index (χ4v) is 2.82. The summed E-state index contributed by atoms with van der Waals surface area (Å²) in [5, 5.41) is 18.7. The molecule has 0 bridgehead atoms. The molecule has 0 aliphatic rings. The Morgan fingerprint density at radius 1 is 1.11 bits per heavy atom. The highest BCUT2D eigenvalue weighted by Crippen LogP contribution is 2.27. The van der Waals surface area contributed by atoms with Gasteiger partial charge >= 0.3 is 0 Å². The number of halogens is 2. The predicted octanol–water partition coefficient (Wildman–Crippen LogP) is 3.52. The molecule has 0 spiro atoms. The second-order valence-corrected chi connectivity index (χ2v) is 6.03. The number of hydrogen-bond acceptors (Lipinski definition) is 4. The number of nitrogens with one attached hydrogen (secondary N) is 3. The molecule has 4 rings (SSSR count). The molecule has 2 aromatic carbocycles. The summed E-state index contributed by atoms with van der Waals surface area (Å²) in [7, 11) is 1.79. The Balaban J connectivity index is 1.73. The van der Waals surface area contributed by atoms with Crippen LogP contribution in [0.4, 0.5) is 8.78 Å². The van der Waals surface area contributed by atoms with E-state index in [1.165, 1.54) is 18.2 Å². The largest absolute Gasteiger partial charge is 0.324 e. The van der Waals surface area contributed by atoms with Crippen LogP contribution in [0.25, 0.3) is 34.4 Å². The second kappa shape index (κ2) is 7.08. The molecule has 136 valence electrons. The first-order valence-corrected chi connectivity index (χ1v) is 8.32. The van der Waals surface area contributed by atoms with E-state index in [2.05, 4.69) is 30.7 Å². The van der Waals surface area contributed by atoms with E-state index in [4.69, 9.17) is 0 Å². The Morgan fingerprint density at radius 2 is 2.00 bits per heavy atom. The zero-order valence-electron chi connectivity index (χ0n) is 14.4. The van der Waals surface area contributed by atoms with E-state index < -0.39 is 5.82 Å². The molecule has 0 radical (unpaired) electrons. The molecule has 0 saturated heterocycles. The van der Waals surface area contributed by atoms with Gasteiger partial charge in [-0.1, -0.05) is 18.2 Å². The summed E-state index contributed by atoms with van der Waals surface area (Å²) in [4.78, 5) is 3.00. The summed E-state index contributed by atoms with van der Waals surface area (Å²) in [5.41, 5.74) is 2.19. The highest BCUT2D eigenvalue weighted by molar-refractivity contribution is 5.92. The molecule has 3 N–H and O–H groups in total. The molecule has 2 aromatic heterocycles. The summed E-state index contributed by atoms with van der Waals surface area (Å²) >= 11 is 0. The molecule has 0 saturated carbocycles. The average Bonchev–Trinajstić information content (AvgIpc) is 3.26. The maximum atomic E-state index is 14.5. The minimum absolute atomic E-state index is 0.305. The number of benzene rings is 2. The van der Waals surface area contributed by atoms with E-state index in [9.17, 15) is 8.78 Å². The lowest BCUT2D eigenvalue weighted by molar-refractivity contribution is 0.627. The van der Waals surface area contributed by atoms with Gasteiger partial charge in [0, 0.05) is 11.5 Å². The first kappa shape index (κ1) is 17.0. The number of H-pyrrole nitrogens is 2. The molecular formula is C19H16F2N6. The molecular weight excluding hydrogens is 350 g/mol. The lowest BCUT2D eigenvalue weighted by atomic mass is 10.1. The van der Waals surface area contributed by atoms with Gasteiger partial charge in [-0.2, -0.15) is 5.10 Å². The lowest BCUT2D eigenvalue weighted by Crippen LogP contribution is -2.06. The Morgan fingerprint density at radius 3 is 2.81 bits per heavy atom. The van der Waals surface area contributed by atoms with Crippen LogP contribution in [0, 0.1) is 11.6 Å². The monoisotopic (exact) mass is 366 g/mol. The van der Waals surface area contributed by atoms with E-state index in [-0.39, 0.29) is 5.82 Å². The molecule has 0 fully saturated rings. The maximum absolute atomic E-state index is 14.5. The van der Waals surface area contributed by atoms with Crippen LogP contribution in [-0.4, -0.2) is 32.4 Å². The normalized spacial score (nSPS) is 11.7. The second-order valence-electron chi connectivity index (χ2n) is 6.03. The van der Waals surface area contributed by atoms with E-state index >= 15 is 0 Å². The van der Waals surface area contributed by atoms with Gasteiger partial charge < -0.3 is 10.3 Å². The molecule has 0 atom stereocenters. The standard InChI is InChI=1S/C19H16F2N6/c1-22-10-18-23-19(27-26-18)13-8-14-16(24-25-17(14)9-15(13)21)6-5-11-3-2-4-12(20)7-11/h2-9,22H,10H2,1H3,(H,24,25)(H,23,26,27). The van der Waals surface area contributed by atoms with Crippen LogP contribution in [0.5, 0.6) is 0 Å². The van der Waals surface area contributed by atoms with Gasteiger partial charge in [-0.15, -0.1) is 10.2 Å². The number of aromatic nitrogens is 5. The topological polar surface area (TPSA) is 82.3 Å². The Kier molecular flexibility index (Phi) is 4.47. The lowest BCUT2D eigenvalue weighted by Gasteiger charge is -2.00. The van der Waals surface area contributed by atoms with E-state index in [0.717, 1.165) is 5.39 Å². The van der Waals surface area contributed by atoms with Gasteiger partial charge in [0.25, 0.3) is 0 Å². The van der Waals surface area contributed by atoms with Gasteiger partial charge in [0.1, 0.15) is 17.5 Å². The first-order valence-electron chi connectivity index (χ1n) is 8.32. The average molecular weight is 366 g/mol. The molecule has 8 heteroatoms. The Hall–Kier alpha value is -3.39. The molecule has 0 amide bonds. The molecule has 0 unspecified atom stereocenters. The van der Waals surface area contributed by atoms with Gasteiger partial charge in [-0.05, 0) is 36.9 Å². The third-order valence-electron chi connectivity index (χ3n) is 4.10. The summed E-state index contributed by atoms with van der Waals surface area (Å²) < 4.78 is 27.8. The van der Waals surface area contributed by atoms with Crippen molar-refractivity contribution in [1.29, 1.82) is 0 Å². The van der Waals surface area contributed by atoms with Crippen molar-refractivity contribution in [3.05, 3.63) is 65.1 Å². The van der Waals surface area contributed by atoms with Crippen molar-refractivity contribution in [3.63, 3.8) is 0 Å². The van der Waals surface area contributed by atoms with Crippen molar-refractivity contribution in [1.82, 2.24) is 30.7 Å². The van der Waals surface area contributed by atoms with Crippen LogP contribution in [0.3, 0.4) is 0 Å². The van der Waals surface area contributed by atoms with Crippen molar-refractivity contribution in [2.75, 3.05) is 7.05 Å². The van der Waals surface area contributed by atoms with Crippen molar-refractivity contribution in [3.8, 4) is 11.4 Å². The Labute approximate surface area is 153 Å². The van der Waals surface area contributed by atoms with Crippen molar-refractivity contribution in [2.24, 2.45) is 0 Å². The first-order chi connectivity index (χ1) is 13.1. The summed E-state index contributed by atoms with van der Waals surface area (Å²) in [5.74, 6) is 0.223. The van der Waals surface area contributed by atoms with Crippen LogP contribution in [-0.2, 0) is 6.54 Å². The number of nitrogens with zero attached hydrogens (tertiary/aromatic N) is 3. The molecule has 4 aromatic rings. The maximum Gasteiger partial charge on any atom is 0.164 e.